The van der Waals surface area contributed by atoms with Gasteiger partial charge in [-0.15, -0.1) is 0 Å². The molecule has 0 aliphatic heterocycles. The summed E-state index contributed by atoms with van der Waals surface area (Å²) in [6, 6.07) is 6.42. The number of aldehydes is 1. The molecule has 0 radical (unpaired) electrons. The van der Waals surface area contributed by atoms with Crippen LogP contribution in [0.5, 0.6) is 0 Å². The van der Waals surface area contributed by atoms with Crippen molar-refractivity contribution in [1.29, 1.82) is 0 Å². The summed E-state index contributed by atoms with van der Waals surface area (Å²) in [6.07, 6.45) is 3.81. The minimum Gasteiger partial charge on any atom is -0.462 e. The highest BCUT2D eigenvalue weighted by atomic mass is 16.5. The first kappa shape index (κ1) is 12.4. The molecule has 16 heavy (non-hydrogen) atoms. The number of carbonyl (C=O) groups is 2. The lowest BCUT2D eigenvalue weighted by Crippen LogP contribution is -2.06. The van der Waals surface area contributed by atoms with Crippen molar-refractivity contribution in [2.45, 2.75) is 26.2 Å². The molecule has 1 aromatic carbocycles. The first-order valence-corrected chi connectivity index (χ1v) is 5.50. The van der Waals surface area contributed by atoms with Crippen LogP contribution in [0, 0.1) is 0 Å². The summed E-state index contributed by atoms with van der Waals surface area (Å²) in [6.45, 7) is 2.56. The summed E-state index contributed by atoms with van der Waals surface area (Å²) < 4.78 is 5.08. The van der Waals surface area contributed by atoms with E-state index in [1.54, 1.807) is 24.3 Å². The fourth-order valence-corrected chi connectivity index (χ4v) is 1.30. The van der Waals surface area contributed by atoms with Crippen molar-refractivity contribution in [2.75, 3.05) is 6.61 Å². The fourth-order valence-electron chi connectivity index (χ4n) is 1.30. The van der Waals surface area contributed by atoms with Gasteiger partial charge in [0.25, 0.3) is 0 Å². The smallest absolute Gasteiger partial charge is 0.338 e. The molecule has 0 aromatic heterocycles. The van der Waals surface area contributed by atoms with Crippen molar-refractivity contribution >= 4 is 12.3 Å². The fraction of sp³-hybridized carbons (Fsp3) is 0.385. The van der Waals surface area contributed by atoms with Crippen LogP contribution in [0.1, 0.15) is 46.9 Å². The van der Waals surface area contributed by atoms with E-state index >= 15 is 0 Å². The topological polar surface area (TPSA) is 43.4 Å². The van der Waals surface area contributed by atoms with Gasteiger partial charge in [0.15, 0.2) is 0 Å². The molecule has 0 unspecified atom stereocenters. The van der Waals surface area contributed by atoms with E-state index in [1.807, 2.05) is 0 Å². The zero-order valence-electron chi connectivity index (χ0n) is 9.44. The molecule has 0 spiro atoms. The third-order valence-electron chi connectivity index (χ3n) is 2.26. The summed E-state index contributed by atoms with van der Waals surface area (Å²) in [5.74, 6) is -0.325. The van der Waals surface area contributed by atoms with Crippen LogP contribution >= 0.6 is 0 Å². The zero-order chi connectivity index (χ0) is 11.8. The quantitative estimate of drug-likeness (QED) is 0.420. The molecule has 0 aliphatic carbocycles. The second kappa shape index (κ2) is 6.77. The van der Waals surface area contributed by atoms with Gasteiger partial charge >= 0.3 is 5.97 Å². The molecule has 0 heterocycles. The molecule has 0 bridgehead atoms. The Morgan fingerprint density at radius 3 is 2.50 bits per heavy atom. The Labute approximate surface area is 95.4 Å². The molecule has 86 valence electrons. The maximum absolute atomic E-state index is 11.5. The highest BCUT2D eigenvalue weighted by Gasteiger charge is 2.05. The molecular formula is C13H16O3. The molecule has 1 rings (SSSR count). The first-order chi connectivity index (χ1) is 7.77. The Hall–Kier alpha value is -1.64. The summed E-state index contributed by atoms with van der Waals surface area (Å²) in [5, 5.41) is 0. The molecule has 1 aromatic rings. The van der Waals surface area contributed by atoms with Crippen molar-refractivity contribution in [1.82, 2.24) is 0 Å². The van der Waals surface area contributed by atoms with E-state index in [4.69, 9.17) is 4.74 Å². The van der Waals surface area contributed by atoms with Crippen LogP contribution in [-0.2, 0) is 4.74 Å². The Balaban J connectivity index is 2.43. The Morgan fingerprint density at radius 2 is 1.94 bits per heavy atom. The normalized spacial score (nSPS) is 9.81. The SMILES string of the molecule is CCCCCOC(=O)c1ccc(C=O)cc1. The minimum absolute atomic E-state index is 0.325. The summed E-state index contributed by atoms with van der Waals surface area (Å²) in [7, 11) is 0. The maximum Gasteiger partial charge on any atom is 0.338 e. The van der Waals surface area contributed by atoms with Crippen LogP contribution in [-0.4, -0.2) is 18.9 Å². The Kier molecular flexibility index (Phi) is 5.26. The third-order valence-corrected chi connectivity index (χ3v) is 2.26. The zero-order valence-corrected chi connectivity index (χ0v) is 9.44. The van der Waals surface area contributed by atoms with Crippen LogP contribution in [0.15, 0.2) is 24.3 Å². The van der Waals surface area contributed by atoms with E-state index in [2.05, 4.69) is 6.92 Å². The predicted molar refractivity (Wildman–Crippen MR) is 61.6 cm³/mol. The van der Waals surface area contributed by atoms with Crippen LogP contribution in [0.3, 0.4) is 0 Å². The maximum atomic E-state index is 11.5. The Bertz CT molecular complexity index is 341. The van der Waals surface area contributed by atoms with Crippen molar-refractivity contribution in [2.24, 2.45) is 0 Å². The number of esters is 1. The lowest BCUT2D eigenvalue weighted by molar-refractivity contribution is 0.0498. The predicted octanol–water partition coefficient (Wildman–Crippen LogP) is 2.85. The van der Waals surface area contributed by atoms with E-state index in [0.29, 0.717) is 17.7 Å². The number of rotatable bonds is 6. The van der Waals surface area contributed by atoms with Crippen LogP contribution in [0.2, 0.25) is 0 Å². The molecule has 0 amide bonds. The van der Waals surface area contributed by atoms with Crippen molar-refractivity contribution < 1.29 is 14.3 Å². The van der Waals surface area contributed by atoms with Crippen molar-refractivity contribution in [3.8, 4) is 0 Å². The average Bonchev–Trinajstić information content (AvgIpc) is 2.34. The average molecular weight is 220 g/mol. The summed E-state index contributed by atoms with van der Waals surface area (Å²) in [5.41, 5.74) is 1.05. The Morgan fingerprint density at radius 1 is 1.25 bits per heavy atom. The molecule has 0 saturated carbocycles. The molecule has 0 aliphatic rings. The van der Waals surface area contributed by atoms with E-state index in [-0.39, 0.29) is 5.97 Å². The van der Waals surface area contributed by atoms with Gasteiger partial charge < -0.3 is 4.74 Å². The third kappa shape index (κ3) is 3.85. The highest BCUT2D eigenvalue weighted by molar-refractivity contribution is 5.90. The van der Waals surface area contributed by atoms with E-state index < -0.39 is 0 Å². The van der Waals surface area contributed by atoms with Crippen LogP contribution in [0.25, 0.3) is 0 Å². The van der Waals surface area contributed by atoms with E-state index in [1.165, 1.54) is 0 Å². The van der Waals surface area contributed by atoms with Gasteiger partial charge in [-0.05, 0) is 18.6 Å². The summed E-state index contributed by atoms with van der Waals surface area (Å²) >= 11 is 0. The van der Waals surface area contributed by atoms with Gasteiger partial charge in [0.05, 0.1) is 12.2 Å². The van der Waals surface area contributed by atoms with Crippen LogP contribution in [0.4, 0.5) is 0 Å². The largest absolute Gasteiger partial charge is 0.462 e. The van der Waals surface area contributed by atoms with Gasteiger partial charge in [0, 0.05) is 5.56 Å². The first-order valence-electron chi connectivity index (χ1n) is 5.50. The molecule has 3 nitrogen and oxygen atoms in total. The number of benzene rings is 1. The van der Waals surface area contributed by atoms with E-state index in [0.717, 1.165) is 25.5 Å². The lowest BCUT2D eigenvalue weighted by Gasteiger charge is -2.04. The number of unbranched alkanes of at least 4 members (excludes halogenated alkanes) is 2. The van der Waals surface area contributed by atoms with Gasteiger partial charge in [0.2, 0.25) is 0 Å². The molecule has 0 fully saturated rings. The van der Waals surface area contributed by atoms with Gasteiger partial charge in [0.1, 0.15) is 6.29 Å². The van der Waals surface area contributed by atoms with Crippen molar-refractivity contribution in [3.63, 3.8) is 0 Å². The minimum atomic E-state index is -0.325. The molecule has 0 N–H and O–H groups in total. The number of carbonyl (C=O) groups excluding carboxylic acids is 2. The van der Waals surface area contributed by atoms with Crippen LogP contribution < -0.4 is 0 Å². The number of hydrogen-bond donors (Lipinski definition) is 0. The highest BCUT2D eigenvalue weighted by Crippen LogP contribution is 2.05. The van der Waals surface area contributed by atoms with Gasteiger partial charge in [-0.3, -0.25) is 4.79 Å². The van der Waals surface area contributed by atoms with Gasteiger partial charge in [-0.2, -0.15) is 0 Å². The van der Waals surface area contributed by atoms with Crippen molar-refractivity contribution in [3.05, 3.63) is 35.4 Å². The number of ether oxygens (including phenoxy) is 1. The van der Waals surface area contributed by atoms with Gasteiger partial charge in [-0.1, -0.05) is 31.9 Å². The lowest BCUT2D eigenvalue weighted by atomic mass is 10.1. The molecule has 3 heteroatoms. The van der Waals surface area contributed by atoms with E-state index in [9.17, 15) is 9.59 Å². The molecule has 0 saturated heterocycles. The van der Waals surface area contributed by atoms with Gasteiger partial charge in [-0.25, -0.2) is 4.79 Å². The second-order valence-electron chi connectivity index (χ2n) is 3.58. The molecular weight excluding hydrogens is 204 g/mol. The number of hydrogen-bond acceptors (Lipinski definition) is 3. The second-order valence-corrected chi connectivity index (χ2v) is 3.58. The standard InChI is InChI=1S/C13H16O3/c1-2-3-4-9-16-13(15)12-7-5-11(10-14)6-8-12/h5-8,10H,2-4,9H2,1H3. The summed E-state index contributed by atoms with van der Waals surface area (Å²) in [4.78, 5) is 21.9. The monoisotopic (exact) mass is 220 g/mol. The molecule has 0 atom stereocenters.